The van der Waals surface area contributed by atoms with Gasteiger partial charge in [0.05, 0.1) is 13.4 Å². The van der Waals surface area contributed by atoms with Crippen LogP contribution in [0.25, 0.3) is 0 Å². The summed E-state index contributed by atoms with van der Waals surface area (Å²) in [5.74, 6) is -0.349. The second-order valence-corrected chi connectivity index (χ2v) is 7.96. The quantitative estimate of drug-likeness (QED) is 0.764. The fourth-order valence-corrected chi connectivity index (χ4v) is 3.40. The van der Waals surface area contributed by atoms with Crippen molar-refractivity contribution in [2.45, 2.75) is 19.5 Å². The van der Waals surface area contributed by atoms with Crippen LogP contribution in [-0.4, -0.2) is 58.8 Å². The molecule has 26 heavy (non-hydrogen) atoms. The van der Waals surface area contributed by atoms with Crippen LogP contribution in [0, 0.1) is 5.92 Å². The third kappa shape index (κ3) is 5.80. The molecule has 0 aliphatic carbocycles. The van der Waals surface area contributed by atoms with E-state index in [1.807, 2.05) is 0 Å². The molecule has 0 bridgehead atoms. The molecule has 7 nitrogen and oxygen atoms in total. The van der Waals surface area contributed by atoms with E-state index in [-0.39, 0.29) is 29.9 Å². The van der Waals surface area contributed by atoms with E-state index in [0.29, 0.717) is 18.7 Å². The maximum atomic E-state index is 12.7. The highest BCUT2D eigenvalue weighted by molar-refractivity contribution is 7.88. The number of halogens is 2. The molecule has 1 aromatic carbocycles. The summed E-state index contributed by atoms with van der Waals surface area (Å²) in [5.41, 5.74) is 0.292. The molecule has 1 unspecified atom stereocenters. The first-order valence-electron chi connectivity index (χ1n) is 8.06. The minimum Gasteiger partial charge on any atom is -0.493 e. The Balaban J connectivity index is 2.07. The molecular formula is C16H22F2N2O5S. The lowest BCUT2D eigenvalue weighted by Gasteiger charge is -2.33. The van der Waals surface area contributed by atoms with Gasteiger partial charge < -0.3 is 14.4 Å². The van der Waals surface area contributed by atoms with Crippen LogP contribution >= 0.6 is 0 Å². The van der Waals surface area contributed by atoms with E-state index in [0.717, 1.165) is 19.1 Å². The number of ether oxygens (including phenoxy) is 2. The third-order valence-corrected chi connectivity index (χ3v) is 4.76. The Morgan fingerprint density at radius 3 is 2.73 bits per heavy atom. The molecule has 1 heterocycles. The van der Waals surface area contributed by atoms with Crippen molar-refractivity contribution >= 4 is 15.9 Å². The summed E-state index contributed by atoms with van der Waals surface area (Å²) in [6.45, 7) is -1.76. The molecule has 0 saturated carbocycles. The number of nitrogens with zero attached hydrogens (tertiary/aromatic N) is 1. The topological polar surface area (TPSA) is 84.9 Å². The van der Waals surface area contributed by atoms with Crippen LogP contribution in [0.3, 0.4) is 0 Å². The van der Waals surface area contributed by atoms with Crippen molar-refractivity contribution in [3.05, 3.63) is 23.8 Å². The summed E-state index contributed by atoms with van der Waals surface area (Å²) in [6, 6.07) is 4.03. The number of rotatable bonds is 7. The van der Waals surface area contributed by atoms with Gasteiger partial charge in [-0.25, -0.2) is 13.1 Å². The van der Waals surface area contributed by atoms with Crippen LogP contribution in [0.2, 0.25) is 0 Å². The molecule has 1 aliphatic rings. The number of piperidine rings is 1. The largest absolute Gasteiger partial charge is 0.493 e. The first kappa shape index (κ1) is 20.4. The van der Waals surface area contributed by atoms with Gasteiger partial charge in [0, 0.05) is 25.2 Å². The Hall–Kier alpha value is -1.94. The van der Waals surface area contributed by atoms with E-state index < -0.39 is 16.6 Å². The number of nitrogens with one attached hydrogen (secondary N) is 1. The maximum Gasteiger partial charge on any atom is 0.387 e. The lowest BCUT2D eigenvalue weighted by atomic mass is 9.97. The van der Waals surface area contributed by atoms with Crippen molar-refractivity contribution in [2.24, 2.45) is 5.92 Å². The van der Waals surface area contributed by atoms with E-state index in [9.17, 15) is 22.0 Å². The smallest absolute Gasteiger partial charge is 0.387 e. The summed E-state index contributed by atoms with van der Waals surface area (Å²) < 4.78 is 59.0. The predicted octanol–water partition coefficient (Wildman–Crippen LogP) is 1.70. The van der Waals surface area contributed by atoms with E-state index in [4.69, 9.17) is 4.74 Å². The second kappa shape index (κ2) is 8.63. The fraction of sp³-hybridized carbons (Fsp3) is 0.562. The molecule has 0 aromatic heterocycles. The Kier molecular flexibility index (Phi) is 6.76. The van der Waals surface area contributed by atoms with Crippen molar-refractivity contribution in [1.29, 1.82) is 0 Å². The zero-order valence-corrected chi connectivity index (χ0v) is 15.4. The number of carbonyl (C=O) groups excluding carboxylic acids is 1. The van der Waals surface area contributed by atoms with Crippen molar-refractivity contribution in [3.63, 3.8) is 0 Å². The van der Waals surface area contributed by atoms with Crippen LogP contribution in [0.15, 0.2) is 18.2 Å². The summed E-state index contributed by atoms with van der Waals surface area (Å²) in [6.07, 6.45) is 2.66. The van der Waals surface area contributed by atoms with Crippen LogP contribution in [0.1, 0.15) is 23.2 Å². The van der Waals surface area contributed by atoms with E-state index in [2.05, 4.69) is 9.46 Å². The number of benzene rings is 1. The number of likely N-dealkylation sites (tertiary alicyclic amines) is 1. The molecule has 1 saturated heterocycles. The van der Waals surface area contributed by atoms with Crippen molar-refractivity contribution in [1.82, 2.24) is 9.62 Å². The molecule has 1 aliphatic heterocycles. The van der Waals surface area contributed by atoms with E-state index in [1.165, 1.54) is 25.3 Å². The molecule has 0 radical (unpaired) electrons. The SMILES string of the molecule is COc1cc(C(=O)N2CCCC(CNS(C)(=O)=O)C2)ccc1OC(F)F. The lowest BCUT2D eigenvalue weighted by Crippen LogP contribution is -2.43. The van der Waals surface area contributed by atoms with Gasteiger partial charge in [-0.2, -0.15) is 8.78 Å². The Bertz CT molecular complexity index is 742. The predicted molar refractivity (Wildman–Crippen MR) is 91.1 cm³/mol. The molecule has 1 atom stereocenters. The van der Waals surface area contributed by atoms with Crippen LogP contribution in [0.5, 0.6) is 11.5 Å². The van der Waals surface area contributed by atoms with Gasteiger partial charge in [0.2, 0.25) is 10.0 Å². The lowest BCUT2D eigenvalue weighted by molar-refractivity contribution is -0.0512. The van der Waals surface area contributed by atoms with Gasteiger partial charge in [-0.15, -0.1) is 0 Å². The monoisotopic (exact) mass is 392 g/mol. The highest BCUT2D eigenvalue weighted by atomic mass is 32.2. The van der Waals surface area contributed by atoms with Crippen LogP contribution < -0.4 is 14.2 Å². The van der Waals surface area contributed by atoms with E-state index in [1.54, 1.807) is 4.90 Å². The van der Waals surface area contributed by atoms with Crippen molar-refractivity contribution < 1.29 is 31.5 Å². The van der Waals surface area contributed by atoms with Gasteiger partial charge in [-0.3, -0.25) is 4.79 Å². The minimum absolute atomic E-state index is 0.0192. The van der Waals surface area contributed by atoms with Crippen LogP contribution in [-0.2, 0) is 10.0 Å². The van der Waals surface area contributed by atoms with E-state index >= 15 is 0 Å². The number of carbonyl (C=O) groups is 1. The Morgan fingerprint density at radius 1 is 1.38 bits per heavy atom. The molecule has 146 valence electrons. The number of sulfonamides is 1. The summed E-state index contributed by atoms with van der Waals surface area (Å²) in [4.78, 5) is 14.3. The average molecular weight is 392 g/mol. The zero-order valence-electron chi connectivity index (χ0n) is 14.6. The number of alkyl halides is 2. The van der Waals surface area contributed by atoms with Crippen molar-refractivity contribution in [3.8, 4) is 11.5 Å². The molecule has 2 rings (SSSR count). The average Bonchev–Trinajstić information content (AvgIpc) is 2.59. The number of amides is 1. The van der Waals surface area contributed by atoms with Crippen LogP contribution in [0.4, 0.5) is 8.78 Å². The van der Waals surface area contributed by atoms with Crippen molar-refractivity contribution in [2.75, 3.05) is 33.0 Å². The van der Waals surface area contributed by atoms with Gasteiger partial charge in [-0.05, 0) is 37.0 Å². The Morgan fingerprint density at radius 2 is 2.12 bits per heavy atom. The molecule has 1 amide bonds. The van der Waals surface area contributed by atoms with Gasteiger partial charge >= 0.3 is 6.61 Å². The standard InChI is InChI=1S/C16H22F2N2O5S/c1-24-14-8-12(5-6-13(14)25-16(17)18)15(21)20-7-3-4-11(10-20)9-19-26(2,22)23/h5-6,8,11,16,19H,3-4,7,9-10H2,1-2H3. The normalized spacial score (nSPS) is 18.0. The second-order valence-electron chi connectivity index (χ2n) is 6.12. The zero-order chi connectivity index (χ0) is 19.3. The Labute approximate surface area is 151 Å². The highest BCUT2D eigenvalue weighted by Gasteiger charge is 2.26. The molecular weight excluding hydrogens is 370 g/mol. The van der Waals surface area contributed by atoms with Gasteiger partial charge in [-0.1, -0.05) is 0 Å². The molecule has 1 N–H and O–H groups in total. The van der Waals surface area contributed by atoms with Gasteiger partial charge in [0.25, 0.3) is 5.91 Å². The molecule has 1 fully saturated rings. The number of hydrogen-bond acceptors (Lipinski definition) is 5. The van der Waals surface area contributed by atoms with Gasteiger partial charge in [0.1, 0.15) is 0 Å². The first-order valence-corrected chi connectivity index (χ1v) is 9.95. The minimum atomic E-state index is -3.28. The summed E-state index contributed by atoms with van der Waals surface area (Å²) >= 11 is 0. The number of methoxy groups -OCH3 is 1. The molecule has 10 heteroatoms. The highest BCUT2D eigenvalue weighted by Crippen LogP contribution is 2.30. The third-order valence-electron chi connectivity index (χ3n) is 4.07. The molecule has 1 aromatic rings. The number of hydrogen-bond donors (Lipinski definition) is 1. The summed E-state index contributed by atoms with van der Waals surface area (Å²) in [5, 5.41) is 0. The maximum absolute atomic E-state index is 12.7. The molecule has 0 spiro atoms. The first-order chi connectivity index (χ1) is 12.2. The summed E-state index contributed by atoms with van der Waals surface area (Å²) in [7, 11) is -1.98. The fourth-order valence-electron chi connectivity index (χ4n) is 2.86. The van der Waals surface area contributed by atoms with Gasteiger partial charge in [0.15, 0.2) is 11.5 Å².